The van der Waals surface area contributed by atoms with Crippen molar-refractivity contribution in [3.8, 4) is 0 Å². The fraction of sp³-hybridized carbons (Fsp3) is 0.318. The van der Waals surface area contributed by atoms with Crippen LogP contribution in [0.2, 0.25) is 0 Å². The number of ether oxygens (including phenoxy) is 1. The maximum atomic E-state index is 12.4. The van der Waals surface area contributed by atoms with Gasteiger partial charge in [-0.2, -0.15) is 4.52 Å². The Kier molecular flexibility index (Phi) is 7.45. The van der Waals surface area contributed by atoms with Gasteiger partial charge in [0.25, 0.3) is 5.91 Å². The lowest BCUT2D eigenvalue weighted by Crippen LogP contribution is -2.29. The molecular weight excluding hydrogens is 394 g/mol. The van der Waals surface area contributed by atoms with Crippen molar-refractivity contribution in [1.82, 2.24) is 29.9 Å². The summed E-state index contributed by atoms with van der Waals surface area (Å²) in [5.41, 5.74) is 3.51. The summed E-state index contributed by atoms with van der Waals surface area (Å²) >= 11 is 0. The molecule has 2 aromatic heterocycles. The number of carbonyl (C=O) groups is 1. The lowest BCUT2D eigenvalue weighted by Gasteiger charge is -2.16. The summed E-state index contributed by atoms with van der Waals surface area (Å²) in [6, 6.07) is 14.8. The first-order chi connectivity index (χ1) is 15.1. The van der Waals surface area contributed by atoms with E-state index in [1.807, 2.05) is 36.4 Å². The molecule has 0 atom stereocenters. The zero-order chi connectivity index (χ0) is 22.2. The van der Waals surface area contributed by atoms with Crippen LogP contribution in [0.25, 0.3) is 16.7 Å². The van der Waals surface area contributed by atoms with Crippen LogP contribution >= 0.6 is 0 Å². The Morgan fingerprint density at radius 1 is 1.16 bits per heavy atom. The number of nitrogens with zero attached hydrogens (tertiary/aromatic N) is 6. The van der Waals surface area contributed by atoms with Gasteiger partial charge in [0.15, 0.2) is 5.82 Å². The van der Waals surface area contributed by atoms with Crippen LogP contribution in [0.5, 0.6) is 0 Å². The first-order valence-electron chi connectivity index (χ1n) is 10.2. The highest BCUT2D eigenvalue weighted by Gasteiger charge is 2.13. The largest absolute Gasteiger partial charge is 0.383 e. The topological polar surface area (TPSA) is 97.5 Å². The molecule has 0 unspecified atom stereocenters. The third-order valence-electron chi connectivity index (χ3n) is 4.40. The molecule has 0 aliphatic rings. The van der Waals surface area contributed by atoms with Crippen molar-refractivity contribution in [2.45, 2.75) is 20.3 Å². The van der Waals surface area contributed by atoms with Gasteiger partial charge in [-0.05, 0) is 46.8 Å². The molecule has 0 saturated carbocycles. The molecule has 0 saturated heterocycles. The molecule has 9 heteroatoms. The molecule has 4 rings (SSSR count). The number of methoxy groups -OCH3 is 1. The number of amides is 1. The van der Waals surface area contributed by atoms with Gasteiger partial charge >= 0.3 is 0 Å². The van der Waals surface area contributed by atoms with E-state index < -0.39 is 0 Å². The number of rotatable bonds is 6. The third kappa shape index (κ3) is 5.13. The van der Waals surface area contributed by atoms with Crippen LogP contribution in [-0.4, -0.2) is 63.1 Å². The average molecular weight is 424 g/mol. The van der Waals surface area contributed by atoms with Crippen molar-refractivity contribution in [3.63, 3.8) is 0 Å². The van der Waals surface area contributed by atoms with Crippen LogP contribution in [0.3, 0.4) is 0 Å². The van der Waals surface area contributed by atoms with Crippen LogP contribution in [0.1, 0.15) is 32.1 Å². The maximum absolute atomic E-state index is 12.4. The van der Waals surface area contributed by atoms with Crippen LogP contribution < -0.4 is 5.32 Å². The van der Waals surface area contributed by atoms with Gasteiger partial charge in [0.1, 0.15) is 0 Å². The third-order valence-corrected chi connectivity index (χ3v) is 4.40. The zero-order valence-electron chi connectivity index (χ0n) is 18.2. The van der Waals surface area contributed by atoms with E-state index >= 15 is 0 Å². The summed E-state index contributed by atoms with van der Waals surface area (Å²) in [6.45, 7) is 5.28. The summed E-state index contributed by atoms with van der Waals surface area (Å²) in [5, 5.41) is 15.1. The molecule has 31 heavy (non-hydrogen) atoms. The van der Waals surface area contributed by atoms with Gasteiger partial charge in [-0.15, -0.1) is 5.10 Å². The van der Waals surface area contributed by atoms with Crippen molar-refractivity contribution in [2.75, 3.05) is 32.6 Å². The summed E-state index contributed by atoms with van der Waals surface area (Å²) in [5.74, 6) is 0.483. The second kappa shape index (κ2) is 10.4. The molecule has 0 aliphatic heterocycles. The molecule has 0 spiro atoms. The van der Waals surface area contributed by atoms with Crippen molar-refractivity contribution < 1.29 is 11.0 Å². The Labute approximate surface area is 182 Å². The van der Waals surface area contributed by atoms with Crippen LogP contribution in [0.4, 0.5) is 11.5 Å². The Morgan fingerprint density at radius 3 is 2.58 bits per heavy atom. The monoisotopic (exact) mass is 423 g/mol. The molecule has 1 amide bonds. The van der Waals surface area contributed by atoms with Gasteiger partial charge in [0.2, 0.25) is 5.65 Å². The highest BCUT2D eigenvalue weighted by atomic mass is 16.5. The number of likely N-dealkylation sites (N-methyl/N-ethyl adjacent to an activating group) is 1. The van der Waals surface area contributed by atoms with Crippen molar-refractivity contribution in [3.05, 3.63) is 54.1 Å². The highest BCUT2D eigenvalue weighted by molar-refractivity contribution is 5.94. The Morgan fingerprint density at radius 2 is 1.87 bits per heavy atom. The van der Waals surface area contributed by atoms with E-state index in [4.69, 9.17) is 4.74 Å². The minimum atomic E-state index is -0.0588. The van der Waals surface area contributed by atoms with Crippen LogP contribution in [0.15, 0.2) is 48.5 Å². The number of nitrogens with one attached hydrogen (secondary N) is 1. The lowest BCUT2D eigenvalue weighted by atomic mass is 10.2. The zero-order valence-corrected chi connectivity index (χ0v) is 18.2. The van der Waals surface area contributed by atoms with Crippen LogP contribution in [0, 0.1) is 0 Å². The summed E-state index contributed by atoms with van der Waals surface area (Å²) < 4.78 is 6.66. The molecule has 2 aromatic carbocycles. The first-order valence-corrected chi connectivity index (χ1v) is 10.2. The molecule has 4 aromatic rings. The predicted molar refractivity (Wildman–Crippen MR) is 123 cm³/mol. The summed E-state index contributed by atoms with van der Waals surface area (Å²) in [7, 11) is 3.36. The molecule has 0 aliphatic carbocycles. The first kappa shape index (κ1) is 22.1. The van der Waals surface area contributed by atoms with Gasteiger partial charge in [-0.1, -0.05) is 32.4 Å². The van der Waals surface area contributed by atoms with Crippen molar-refractivity contribution in [1.29, 1.82) is 0 Å². The van der Waals surface area contributed by atoms with E-state index in [0.717, 1.165) is 16.7 Å². The number of carbonyl (C=O) groups excluding carboxylic acids is 1. The van der Waals surface area contributed by atoms with Crippen LogP contribution in [-0.2, 0) is 4.74 Å². The Bertz CT molecular complexity index is 1150. The molecule has 2 heterocycles. The Hall–Kier alpha value is -3.59. The maximum Gasteiger partial charge on any atom is 0.253 e. The lowest BCUT2D eigenvalue weighted by molar-refractivity contribution is 0.0744. The van der Waals surface area contributed by atoms with E-state index in [0.29, 0.717) is 30.2 Å². The molecule has 0 radical (unpaired) electrons. The summed E-state index contributed by atoms with van der Waals surface area (Å²) in [4.78, 5) is 18.7. The van der Waals surface area contributed by atoms with Gasteiger partial charge in [-0.3, -0.25) is 4.79 Å². The van der Waals surface area contributed by atoms with Gasteiger partial charge in [0.05, 0.1) is 17.6 Å². The number of tetrazole rings is 1. The second-order valence-electron chi connectivity index (χ2n) is 6.99. The van der Waals surface area contributed by atoms with E-state index in [2.05, 4.69) is 39.7 Å². The normalized spacial score (nSPS) is 10.6. The van der Waals surface area contributed by atoms with Gasteiger partial charge < -0.3 is 15.0 Å². The number of para-hydroxylation sites is 2. The molecule has 9 nitrogen and oxygen atoms in total. The summed E-state index contributed by atoms with van der Waals surface area (Å²) in [6.07, 6.45) is 1.25. The highest BCUT2D eigenvalue weighted by Crippen LogP contribution is 2.22. The molecular formula is C22H29N7O2. The van der Waals surface area contributed by atoms with Crippen molar-refractivity contribution >= 4 is 34.1 Å². The standard InChI is InChI=1S/C19H19N7O2.C3H8.H2/c1-25(11-12-28-2)19(27)13-7-9-14(10-8-13)20-17-18-22-23-24-26(18)16-6-4-3-5-15(16)21-17;1-3-2;/h3-10H,11-12H2,1-2H3,(H,20,21);3H2,1-2H3;1H. The second-order valence-corrected chi connectivity index (χ2v) is 6.99. The predicted octanol–water partition coefficient (Wildman–Crippen LogP) is 3.80. The smallest absolute Gasteiger partial charge is 0.253 e. The van der Waals surface area contributed by atoms with E-state index in [1.165, 1.54) is 6.42 Å². The quantitative estimate of drug-likeness (QED) is 0.504. The number of anilines is 2. The van der Waals surface area contributed by atoms with E-state index in [-0.39, 0.29) is 7.33 Å². The number of fused-ring (bicyclic) bond motifs is 3. The van der Waals surface area contributed by atoms with Crippen molar-refractivity contribution in [2.24, 2.45) is 0 Å². The minimum absolute atomic E-state index is 0. The fourth-order valence-corrected chi connectivity index (χ4v) is 2.87. The molecule has 0 bridgehead atoms. The SMILES string of the molecule is CCC.COCCN(C)C(=O)c1ccc(Nc2nc3ccccc3n3nnnc23)cc1.[HH]. The number of benzene rings is 2. The molecule has 0 fully saturated rings. The van der Waals surface area contributed by atoms with Gasteiger partial charge in [0, 0.05) is 33.4 Å². The van der Waals surface area contributed by atoms with Gasteiger partial charge in [-0.25, -0.2) is 4.98 Å². The fourth-order valence-electron chi connectivity index (χ4n) is 2.87. The average Bonchev–Trinajstić information content (AvgIpc) is 3.29. The molecule has 164 valence electrons. The number of hydrogen-bond acceptors (Lipinski definition) is 7. The Balaban J connectivity index is 0.000000860. The van der Waals surface area contributed by atoms with E-state index in [9.17, 15) is 4.79 Å². The van der Waals surface area contributed by atoms with E-state index in [1.54, 1.807) is 35.7 Å². The number of aromatic nitrogens is 5. The molecule has 1 N–H and O–H groups in total. The minimum Gasteiger partial charge on any atom is -0.383 e. The number of hydrogen-bond donors (Lipinski definition) is 1.